The predicted octanol–water partition coefficient (Wildman–Crippen LogP) is 1.91. The van der Waals surface area contributed by atoms with Crippen LogP contribution in [0.5, 0.6) is 0 Å². The van der Waals surface area contributed by atoms with Crippen molar-refractivity contribution in [3.63, 3.8) is 0 Å². The van der Waals surface area contributed by atoms with Crippen molar-refractivity contribution in [2.45, 2.75) is 26.2 Å². The maximum absolute atomic E-state index is 13.3. The number of carbonyl (C=O) groups excluding carboxylic acids is 2. The molecule has 1 saturated heterocycles. The summed E-state index contributed by atoms with van der Waals surface area (Å²) in [6.45, 7) is 5.97. The normalized spacial score (nSPS) is 18.8. The average Bonchev–Trinajstić information content (AvgIpc) is 3.31. The summed E-state index contributed by atoms with van der Waals surface area (Å²) in [4.78, 5) is 27.5. The van der Waals surface area contributed by atoms with Crippen LogP contribution in [0, 0.1) is 12.8 Å². The summed E-state index contributed by atoms with van der Waals surface area (Å²) in [5.74, 6) is -0.234. The van der Waals surface area contributed by atoms with Gasteiger partial charge in [-0.3, -0.25) is 14.3 Å². The molecule has 7 heteroatoms. The summed E-state index contributed by atoms with van der Waals surface area (Å²) in [5, 5.41) is 10.5. The summed E-state index contributed by atoms with van der Waals surface area (Å²) >= 11 is 0. The Hall–Kier alpha value is -2.67. The Balaban J connectivity index is 1.69. The summed E-state index contributed by atoms with van der Waals surface area (Å²) in [7, 11) is 1.88. The van der Waals surface area contributed by atoms with Crippen LogP contribution in [0.2, 0.25) is 0 Å². The summed E-state index contributed by atoms with van der Waals surface area (Å²) in [5.41, 5.74) is 2.85. The highest BCUT2D eigenvalue weighted by molar-refractivity contribution is 5.95. The van der Waals surface area contributed by atoms with Gasteiger partial charge in [0.1, 0.15) is 0 Å². The zero-order valence-corrected chi connectivity index (χ0v) is 16.8. The highest BCUT2D eigenvalue weighted by Gasteiger charge is 2.37. The van der Waals surface area contributed by atoms with Crippen molar-refractivity contribution in [2.75, 3.05) is 31.5 Å². The smallest absolute Gasteiger partial charge is 0.244 e. The molecule has 2 N–H and O–H groups in total. The van der Waals surface area contributed by atoms with Crippen molar-refractivity contribution >= 4 is 17.5 Å². The fraction of sp³-hybridized carbons (Fsp3) is 0.476. The molecule has 2 heterocycles. The van der Waals surface area contributed by atoms with E-state index in [9.17, 15) is 9.59 Å². The zero-order valence-electron chi connectivity index (χ0n) is 16.8. The highest BCUT2D eigenvalue weighted by Crippen LogP contribution is 2.29. The third-order valence-electron chi connectivity index (χ3n) is 5.24. The van der Waals surface area contributed by atoms with Crippen molar-refractivity contribution < 1.29 is 9.59 Å². The number of hydrogen-bond donors (Lipinski definition) is 2. The van der Waals surface area contributed by atoms with Gasteiger partial charge in [-0.1, -0.05) is 25.1 Å². The maximum Gasteiger partial charge on any atom is 0.244 e. The third-order valence-corrected chi connectivity index (χ3v) is 5.24. The van der Waals surface area contributed by atoms with E-state index in [4.69, 9.17) is 0 Å². The van der Waals surface area contributed by atoms with E-state index in [0.29, 0.717) is 13.1 Å². The maximum atomic E-state index is 13.3. The largest absolute Gasteiger partial charge is 0.333 e. The standard InChI is InChI=1S/C21H29N5O2/c1-4-9-26(14-20(27)24-19-8-6-5-7-15(19)2)21(28)18-12-22-11-17(18)16-10-23-25(3)13-16/h5-8,10,13,17-18,22H,4,9,11-12,14H2,1-3H3,(H,24,27)/t17-,18+/m1/s1. The van der Waals surface area contributed by atoms with Gasteiger partial charge < -0.3 is 15.5 Å². The van der Waals surface area contributed by atoms with Gasteiger partial charge in [-0.15, -0.1) is 0 Å². The van der Waals surface area contributed by atoms with Crippen LogP contribution in [0.1, 0.15) is 30.4 Å². The minimum Gasteiger partial charge on any atom is -0.333 e. The molecule has 0 spiro atoms. The number of anilines is 1. The lowest BCUT2D eigenvalue weighted by Gasteiger charge is -2.27. The lowest BCUT2D eigenvalue weighted by Crippen LogP contribution is -2.43. The van der Waals surface area contributed by atoms with Gasteiger partial charge in [-0.2, -0.15) is 5.10 Å². The predicted molar refractivity (Wildman–Crippen MR) is 109 cm³/mol. The van der Waals surface area contributed by atoms with E-state index in [1.807, 2.05) is 57.6 Å². The molecule has 1 aliphatic heterocycles. The van der Waals surface area contributed by atoms with Gasteiger partial charge in [-0.25, -0.2) is 0 Å². The second kappa shape index (κ2) is 9.01. The quantitative estimate of drug-likeness (QED) is 0.766. The van der Waals surface area contributed by atoms with E-state index in [0.717, 1.165) is 29.8 Å². The Labute approximate surface area is 166 Å². The molecular formula is C21H29N5O2. The molecule has 0 bridgehead atoms. The van der Waals surface area contributed by atoms with Crippen molar-refractivity contribution in [3.05, 3.63) is 47.8 Å². The number of amides is 2. The summed E-state index contributed by atoms with van der Waals surface area (Å²) < 4.78 is 1.76. The van der Waals surface area contributed by atoms with Crippen LogP contribution in [0.15, 0.2) is 36.7 Å². The number of rotatable bonds is 7. The van der Waals surface area contributed by atoms with Crippen LogP contribution in [-0.2, 0) is 16.6 Å². The fourth-order valence-electron chi connectivity index (χ4n) is 3.77. The van der Waals surface area contributed by atoms with E-state index >= 15 is 0 Å². The minimum absolute atomic E-state index is 0.0284. The Kier molecular flexibility index (Phi) is 6.46. The van der Waals surface area contributed by atoms with Crippen molar-refractivity contribution in [3.8, 4) is 0 Å². The van der Waals surface area contributed by atoms with E-state index in [1.54, 1.807) is 9.58 Å². The number of benzene rings is 1. The van der Waals surface area contributed by atoms with Gasteiger partial charge >= 0.3 is 0 Å². The Morgan fingerprint density at radius 3 is 2.79 bits per heavy atom. The number of para-hydroxylation sites is 1. The van der Waals surface area contributed by atoms with Gasteiger partial charge in [0.25, 0.3) is 0 Å². The lowest BCUT2D eigenvalue weighted by molar-refractivity contribution is -0.138. The molecule has 1 fully saturated rings. The number of nitrogens with zero attached hydrogens (tertiary/aromatic N) is 3. The molecule has 150 valence electrons. The van der Waals surface area contributed by atoms with E-state index in [1.165, 1.54) is 0 Å². The lowest BCUT2D eigenvalue weighted by atomic mass is 9.89. The Morgan fingerprint density at radius 2 is 2.11 bits per heavy atom. The molecule has 3 rings (SSSR count). The van der Waals surface area contributed by atoms with E-state index < -0.39 is 0 Å². The monoisotopic (exact) mass is 383 g/mol. The molecule has 0 unspecified atom stereocenters. The zero-order chi connectivity index (χ0) is 20.1. The van der Waals surface area contributed by atoms with Crippen LogP contribution in [-0.4, -0.2) is 52.7 Å². The Morgan fingerprint density at radius 1 is 1.32 bits per heavy atom. The molecule has 7 nitrogen and oxygen atoms in total. The first-order valence-electron chi connectivity index (χ1n) is 9.83. The van der Waals surface area contributed by atoms with E-state index in [-0.39, 0.29) is 30.2 Å². The molecule has 0 aliphatic carbocycles. The van der Waals surface area contributed by atoms with Crippen LogP contribution < -0.4 is 10.6 Å². The first-order chi connectivity index (χ1) is 13.5. The number of aryl methyl sites for hydroxylation is 2. The molecular weight excluding hydrogens is 354 g/mol. The highest BCUT2D eigenvalue weighted by atomic mass is 16.2. The molecule has 2 amide bonds. The Bertz CT molecular complexity index is 832. The van der Waals surface area contributed by atoms with Crippen LogP contribution in [0.3, 0.4) is 0 Å². The van der Waals surface area contributed by atoms with Gasteiger partial charge in [0.05, 0.1) is 18.7 Å². The molecule has 2 atom stereocenters. The molecule has 0 saturated carbocycles. The average molecular weight is 383 g/mol. The minimum atomic E-state index is -0.179. The SMILES string of the molecule is CCCN(CC(=O)Nc1ccccc1C)C(=O)[C@H]1CNC[C@@H]1c1cnn(C)c1. The summed E-state index contributed by atoms with van der Waals surface area (Å²) in [6, 6.07) is 7.65. The third kappa shape index (κ3) is 4.59. The molecule has 1 aliphatic rings. The molecule has 1 aromatic carbocycles. The second-order valence-electron chi connectivity index (χ2n) is 7.44. The van der Waals surface area contributed by atoms with Gasteiger partial charge in [-0.05, 0) is 30.5 Å². The molecule has 2 aromatic rings. The number of carbonyl (C=O) groups is 2. The van der Waals surface area contributed by atoms with Gasteiger partial charge in [0.15, 0.2) is 0 Å². The fourth-order valence-corrected chi connectivity index (χ4v) is 3.77. The van der Waals surface area contributed by atoms with Crippen molar-refractivity contribution in [1.29, 1.82) is 0 Å². The summed E-state index contributed by atoms with van der Waals surface area (Å²) in [6.07, 6.45) is 4.60. The van der Waals surface area contributed by atoms with Gasteiger partial charge in [0, 0.05) is 44.5 Å². The number of nitrogens with one attached hydrogen (secondary N) is 2. The van der Waals surface area contributed by atoms with E-state index in [2.05, 4.69) is 15.7 Å². The van der Waals surface area contributed by atoms with Gasteiger partial charge in [0.2, 0.25) is 11.8 Å². The first-order valence-corrected chi connectivity index (χ1v) is 9.83. The molecule has 0 radical (unpaired) electrons. The van der Waals surface area contributed by atoms with Crippen LogP contribution >= 0.6 is 0 Å². The molecule has 28 heavy (non-hydrogen) atoms. The second-order valence-corrected chi connectivity index (χ2v) is 7.44. The van der Waals surface area contributed by atoms with Crippen LogP contribution in [0.25, 0.3) is 0 Å². The number of aromatic nitrogens is 2. The van der Waals surface area contributed by atoms with Crippen molar-refractivity contribution in [2.24, 2.45) is 13.0 Å². The van der Waals surface area contributed by atoms with Crippen molar-refractivity contribution in [1.82, 2.24) is 20.0 Å². The first kappa shape index (κ1) is 20.1. The topological polar surface area (TPSA) is 79.3 Å². The number of hydrogen-bond acceptors (Lipinski definition) is 4. The van der Waals surface area contributed by atoms with Crippen LogP contribution in [0.4, 0.5) is 5.69 Å². The molecule has 1 aromatic heterocycles.